The third-order valence-corrected chi connectivity index (χ3v) is 4.24. The van der Waals surface area contributed by atoms with Gasteiger partial charge in [0, 0.05) is 18.5 Å². The molecule has 0 aliphatic rings. The zero-order valence-electron chi connectivity index (χ0n) is 12.2. The van der Waals surface area contributed by atoms with Gasteiger partial charge in [0.15, 0.2) is 0 Å². The summed E-state index contributed by atoms with van der Waals surface area (Å²) < 4.78 is 0. The average Bonchev–Trinajstić information content (AvgIpc) is 2.48. The van der Waals surface area contributed by atoms with Crippen molar-refractivity contribution in [3.05, 3.63) is 59.3 Å². The molecule has 0 bridgehead atoms. The van der Waals surface area contributed by atoms with Crippen LogP contribution < -0.4 is 5.32 Å². The van der Waals surface area contributed by atoms with Gasteiger partial charge < -0.3 is 5.32 Å². The van der Waals surface area contributed by atoms with E-state index >= 15 is 0 Å². The number of hydrogen-bond acceptors (Lipinski definition) is 3. The van der Waals surface area contributed by atoms with Gasteiger partial charge in [-0.25, -0.2) is 4.98 Å². The third-order valence-electron chi connectivity index (χ3n) is 3.06. The monoisotopic (exact) mass is 286 g/mol. The summed E-state index contributed by atoms with van der Waals surface area (Å²) in [4.78, 5) is 4.59. The highest BCUT2D eigenvalue weighted by Gasteiger charge is 2.03. The van der Waals surface area contributed by atoms with Crippen molar-refractivity contribution < 1.29 is 0 Å². The van der Waals surface area contributed by atoms with Crippen molar-refractivity contribution >= 4 is 11.8 Å². The molecule has 2 aromatic rings. The van der Waals surface area contributed by atoms with Crippen LogP contribution in [0.15, 0.2) is 47.6 Å². The van der Waals surface area contributed by atoms with Crippen molar-refractivity contribution in [2.24, 2.45) is 0 Å². The molecule has 0 aliphatic carbocycles. The highest BCUT2D eigenvalue weighted by molar-refractivity contribution is 7.98. The minimum absolute atomic E-state index is 0.908. The van der Waals surface area contributed by atoms with E-state index < -0.39 is 0 Å². The predicted molar refractivity (Wildman–Crippen MR) is 87.0 cm³/mol. The Hall–Kier alpha value is -1.32. The largest absolute Gasteiger partial charge is 0.313 e. The van der Waals surface area contributed by atoms with E-state index in [1.165, 1.54) is 16.7 Å². The number of thioether (sulfide) groups is 1. The molecule has 0 atom stereocenters. The van der Waals surface area contributed by atoms with Gasteiger partial charge in [-0.3, -0.25) is 0 Å². The van der Waals surface area contributed by atoms with Gasteiger partial charge in [0.1, 0.15) is 0 Å². The van der Waals surface area contributed by atoms with Crippen molar-refractivity contribution in [3.63, 3.8) is 0 Å². The van der Waals surface area contributed by atoms with Gasteiger partial charge in [-0.1, -0.05) is 43.3 Å². The van der Waals surface area contributed by atoms with Crippen LogP contribution in [0, 0.1) is 6.92 Å². The van der Waals surface area contributed by atoms with Crippen molar-refractivity contribution in [2.45, 2.75) is 37.6 Å². The second-order valence-electron chi connectivity index (χ2n) is 4.92. The molecule has 2 rings (SSSR count). The van der Waals surface area contributed by atoms with E-state index in [2.05, 4.69) is 60.5 Å². The molecule has 20 heavy (non-hydrogen) atoms. The highest BCUT2D eigenvalue weighted by atomic mass is 32.2. The van der Waals surface area contributed by atoms with Crippen LogP contribution in [0.1, 0.15) is 30.0 Å². The van der Waals surface area contributed by atoms with Crippen LogP contribution in [0.2, 0.25) is 0 Å². The smallest absolute Gasteiger partial charge is 0.0992 e. The minimum Gasteiger partial charge on any atom is -0.313 e. The Balaban J connectivity index is 1.92. The Kier molecular flexibility index (Phi) is 6.09. The number of aryl methyl sites for hydroxylation is 1. The molecule has 106 valence electrons. The van der Waals surface area contributed by atoms with Crippen molar-refractivity contribution in [2.75, 3.05) is 6.54 Å². The molecular weight excluding hydrogens is 264 g/mol. The van der Waals surface area contributed by atoms with Gasteiger partial charge in [0.05, 0.1) is 5.03 Å². The van der Waals surface area contributed by atoms with Crippen molar-refractivity contribution in [1.82, 2.24) is 10.3 Å². The van der Waals surface area contributed by atoms with E-state index in [4.69, 9.17) is 0 Å². The fourth-order valence-corrected chi connectivity index (χ4v) is 2.91. The summed E-state index contributed by atoms with van der Waals surface area (Å²) in [5.41, 5.74) is 3.87. The summed E-state index contributed by atoms with van der Waals surface area (Å²) in [6, 6.07) is 12.8. The van der Waals surface area contributed by atoms with Crippen molar-refractivity contribution in [3.8, 4) is 0 Å². The number of hydrogen-bond donors (Lipinski definition) is 1. The Morgan fingerprint density at radius 3 is 2.65 bits per heavy atom. The number of rotatable bonds is 7. The maximum Gasteiger partial charge on any atom is 0.0992 e. The molecule has 1 N–H and O–H groups in total. The third kappa shape index (κ3) is 4.66. The highest BCUT2D eigenvalue weighted by Crippen LogP contribution is 2.24. The lowest BCUT2D eigenvalue weighted by molar-refractivity contribution is 0.672. The van der Waals surface area contributed by atoms with Crippen LogP contribution >= 0.6 is 11.8 Å². The topological polar surface area (TPSA) is 24.9 Å². The Labute approximate surface area is 126 Å². The number of nitrogens with one attached hydrogen (secondary N) is 1. The minimum atomic E-state index is 0.908. The number of aromatic nitrogens is 1. The molecule has 0 radical (unpaired) electrons. The molecule has 0 fully saturated rings. The molecule has 2 nitrogen and oxygen atoms in total. The van der Waals surface area contributed by atoms with Gasteiger partial charge >= 0.3 is 0 Å². The van der Waals surface area contributed by atoms with Gasteiger partial charge in [0.25, 0.3) is 0 Å². The molecule has 1 heterocycles. The maximum absolute atomic E-state index is 4.59. The lowest BCUT2D eigenvalue weighted by Gasteiger charge is -2.08. The van der Waals surface area contributed by atoms with Crippen molar-refractivity contribution in [1.29, 1.82) is 0 Å². The number of nitrogens with zero attached hydrogens (tertiary/aromatic N) is 1. The molecule has 1 aromatic carbocycles. The maximum atomic E-state index is 4.59. The zero-order valence-corrected chi connectivity index (χ0v) is 13.0. The molecule has 0 saturated heterocycles. The molecular formula is C17H22N2S. The summed E-state index contributed by atoms with van der Waals surface area (Å²) in [5.74, 6) is 0.974. The van der Waals surface area contributed by atoms with Crippen LogP contribution in [0.5, 0.6) is 0 Å². The van der Waals surface area contributed by atoms with E-state index in [-0.39, 0.29) is 0 Å². The van der Waals surface area contributed by atoms with Gasteiger partial charge in [-0.05, 0) is 36.6 Å². The van der Waals surface area contributed by atoms with E-state index in [9.17, 15) is 0 Å². The second-order valence-corrected chi connectivity index (χ2v) is 5.88. The van der Waals surface area contributed by atoms with Crippen LogP contribution in [-0.4, -0.2) is 11.5 Å². The predicted octanol–water partition coefficient (Wildman–Crippen LogP) is 4.18. The van der Waals surface area contributed by atoms with Gasteiger partial charge in [-0.2, -0.15) is 0 Å². The van der Waals surface area contributed by atoms with E-state index in [1.54, 1.807) is 11.8 Å². The molecule has 0 saturated carbocycles. The van der Waals surface area contributed by atoms with E-state index in [1.807, 2.05) is 6.20 Å². The molecule has 0 spiro atoms. The zero-order chi connectivity index (χ0) is 14.2. The fraction of sp³-hybridized carbons (Fsp3) is 0.353. The summed E-state index contributed by atoms with van der Waals surface area (Å²) in [5, 5.41) is 4.54. The average molecular weight is 286 g/mol. The SMILES string of the molecule is CCCNCc1cnc(SCc2ccccc2)c(C)c1. The van der Waals surface area contributed by atoms with Crippen LogP contribution in [0.25, 0.3) is 0 Å². The first-order valence-corrected chi connectivity index (χ1v) is 8.11. The number of benzene rings is 1. The fourth-order valence-electron chi connectivity index (χ4n) is 2.00. The first-order chi connectivity index (χ1) is 9.79. The first-order valence-electron chi connectivity index (χ1n) is 7.12. The molecule has 0 unspecified atom stereocenters. The molecule has 0 aliphatic heterocycles. The Bertz CT molecular complexity index is 526. The van der Waals surface area contributed by atoms with Crippen LogP contribution in [-0.2, 0) is 12.3 Å². The quantitative estimate of drug-likeness (QED) is 0.610. The standard InChI is InChI=1S/C17H22N2S/c1-3-9-18-11-16-10-14(2)17(19-12-16)20-13-15-7-5-4-6-8-15/h4-8,10,12,18H,3,9,11,13H2,1-2H3. The normalized spacial score (nSPS) is 10.7. The summed E-state index contributed by atoms with van der Waals surface area (Å²) >= 11 is 1.81. The summed E-state index contributed by atoms with van der Waals surface area (Å²) in [6.07, 6.45) is 3.15. The molecule has 3 heteroatoms. The van der Waals surface area contributed by atoms with Crippen LogP contribution in [0.3, 0.4) is 0 Å². The summed E-state index contributed by atoms with van der Waals surface area (Å²) in [6.45, 7) is 6.29. The Morgan fingerprint density at radius 2 is 1.95 bits per heavy atom. The Morgan fingerprint density at radius 1 is 1.15 bits per heavy atom. The van der Waals surface area contributed by atoms with Gasteiger partial charge in [0.2, 0.25) is 0 Å². The first kappa shape index (κ1) is 15.1. The molecule has 0 amide bonds. The molecule has 1 aromatic heterocycles. The lowest BCUT2D eigenvalue weighted by atomic mass is 10.2. The second kappa shape index (κ2) is 8.08. The van der Waals surface area contributed by atoms with Gasteiger partial charge in [-0.15, -0.1) is 11.8 Å². The lowest BCUT2D eigenvalue weighted by Crippen LogP contribution is -2.14. The number of pyridine rings is 1. The summed E-state index contributed by atoms with van der Waals surface area (Å²) in [7, 11) is 0. The van der Waals surface area contributed by atoms with Crippen LogP contribution in [0.4, 0.5) is 0 Å². The van der Waals surface area contributed by atoms with E-state index in [0.717, 1.165) is 30.3 Å². The van der Waals surface area contributed by atoms with E-state index in [0.29, 0.717) is 0 Å².